The van der Waals surface area contributed by atoms with E-state index in [9.17, 15) is 13.2 Å². The summed E-state index contributed by atoms with van der Waals surface area (Å²) in [5.41, 5.74) is 0. The van der Waals surface area contributed by atoms with Crippen molar-refractivity contribution in [3.63, 3.8) is 0 Å². The van der Waals surface area contributed by atoms with Crippen LogP contribution in [0.5, 0.6) is 0 Å². The Morgan fingerprint density at radius 3 is 2.50 bits per heavy atom. The Labute approximate surface area is 111 Å². The van der Waals surface area contributed by atoms with Crippen LogP contribution in [-0.4, -0.2) is 32.3 Å². The van der Waals surface area contributed by atoms with Crippen LogP contribution in [0.3, 0.4) is 0 Å². The van der Waals surface area contributed by atoms with E-state index in [2.05, 4.69) is 0 Å². The van der Waals surface area contributed by atoms with Gasteiger partial charge in [-0.05, 0) is 31.4 Å². The van der Waals surface area contributed by atoms with Crippen molar-refractivity contribution in [2.75, 3.05) is 13.1 Å². The van der Waals surface area contributed by atoms with Gasteiger partial charge < -0.3 is 4.90 Å². The fourth-order valence-corrected chi connectivity index (χ4v) is 3.78. The number of carbonyl (C=O) groups is 1. The first kappa shape index (κ1) is 13.5. The van der Waals surface area contributed by atoms with Crippen LogP contribution in [0, 0.1) is 0 Å². The molecule has 5 nitrogen and oxygen atoms in total. The molecule has 0 aliphatic carbocycles. The van der Waals surface area contributed by atoms with Crippen molar-refractivity contribution in [3.8, 4) is 0 Å². The maximum Gasteiger partial charge on any atom is 0.247 e. The first-order valence-corrected chi connectivity index (χ1v) is 8.22. The Balaban J connectivity index is 2.01. The van der Waals surface area contributed by atoms with Crippen molar-refractivity contribution < 1.29 is 13.2 Å². The molecule has 1 aliphatic heterocycles. The molecule has 18 heavy (non-hydrogen) atoms. The van der Waals surface area contributed by atoms with Gasteiger partial charge in [-0.15, -0.1) is 11.3 Å². The Morgan fingerprint density at radius 1 is 1.28 bits per heavy atom. The van der Waals surface area contributed by atoms with Crippen LogP contribution in [0.1, 0.15) is 24.1 Å². The topological polar surface area (TPSA) is 80.5 Å². The Kier molecular flexibility index (Phi) is 4.04. The lowest BCUT2D eigenvalue weighted by atomic mass is 10.1. The van der Waals surface area contributed by atoms with E-state index in [0.717, 1.165) is 42.1 Å². The van der Waals surface area contributed by atoms with Gasteiger partial charge in [0.05, 0.1) is 6.42 Å². The molecule has 2 rings (SSSR count). The number of likely N-dealkylation sites (tertiary alicyclic amines) is 1. The quantitative estimate of drug-likeness (QED) is 0.899. The third kappa shape index (κ3) is 3.30. The summed E-state index contributed by atoms with van der Waals surface area (Å²) >= 11 is 1.07. The molecule has 1 aromatic rings. The summed E-state index contributed by atoms with van der Waals surface area (Å²) in [6.45, 7) is 1.62. The van der Waals surface area contributed by atoms with E-state index in [1.165, 1.54) is 12.5 Å². The highest BCUT2D eigenvalue weighted by Gasteiger charge is 2.18. The largest absolute Gasteiger partial charge is 0.342 e. The summed E-state index contributed by atoms with van der Waals surface area (Å²) in [6.07, 6.45) is 3.55. The predicted octanol–water partition coefficient (Wildman–Crippen LogP) is 0.950. The van der Waals surface area contributed by atoms with Crippen LogP contribution in [0.2, 0.25) is 0 Å². The molecule has 1 fully saturated rings. The number of carbonyl (C=O) groups excluding carboxylic acids is 1. The Bertz CT molecular complexity index is 530. The SMILES string of the molecule is NS(=O)(=O)c1ccc(CC(=O)N2CCCCC2)s1. The molecule has 0 bridgehead atoms. The van der Waals surface area contributed by atoms with Gasteiger partial charge in [0.1, 0.15) is 4.21 Å². The molecule has 100 valence electrons. The summed E-state index contributed by atoms with van der Waals surface area (Å²) < 4.78 is 22.4. The van der Waals surface area contributed by atoms with Gasteiger partial charge in [-0.2, -0.15) is 0 Å². The highest BCUT2D eigenvalue weighted by molar-refractivity contribution is 7.91. The van der Waals surface area contributed by atoms with Gasteiger partial charge in [0, 0.05) is 18.0 Å². The van der Waals surface area contributed by atoms with Crippen LogP contribution >= 0.6 is 11.3 Å². The number of thiophene rings is 1. The minimum atomic E-state index is -3.65. The predicted molar refractivity (Wildman–Crippen MR) is 69.8 cm³/mol. The van der Waals surface area contributed by atoms with Crippen molar-refractivity contribution in [2.45, 2.75) is 29.9 Å². The standard InChI is InChI=1S/C11H16N2O3S2/c12-18(15,16)11-5-4-9(17-11)8-10(14)13-6-2-1-3-7-13/h4-5H,1-3,6-8H2,(H2,12,15,16). The lowest BCUT2D eigenvalue weighted by Crippen LogP contribution is -2.36. The van der Waals surface area contributed by atoms with E-state index in [1.54, 1.807) is 6.07 Å². The smallest absolute Gasteiger partial charge is 0.247 e. The second kappa shape index (κ2) is 5.38. The Hall–Kier alpha value is -0.920. The highest BCUT2D eigenvalue weighted by Crippen LogP contribution is 2.21. The number of hydrogen-bond donors (Lipinski definition) is 1. The van der Waals surface area contributed by atoms with Crippen molar-refractivity contribution in [3.05, 3.63) is 17.0 Å². The fourth-order valence-electron chi connectivity index (χ4n) is 2.01. The van der Waals surface area contributed by atoms with Gasteiger partial charge in [-0.1, -0.05) is 0 Å². The molecule has 7 heteroatoms. The first-order chi connectivity index (χ1) is 8.47. The molecular weight excluding hydrogens is 272 g/mol. The van der Waals surface area contributed by atoms with Crippen molar-refractivity contribution >= 4 is 27.3 Å². The van der Waals surface area contributed by atoms with Crippen molar-refractivity contribution in [2.24, 2.45) is 5.14 Å². The molecule has 0 saturated carbocycles. The van der Waals surface area contributed by atoms with E-state index in [4.69, 9.17) is 5.14 Å². The zero-order valence-corrected chi connectivity index (χ0v) is 11.6. The zero-order chi connectivity index (χ0) is 13.2. The minimum Gasteiger partial charge on any atom is -0.342 e. The number of rotatable bonds is 3. The minimum absolute atomic E-state index is 0.0671. The average molecular weight is 288 g/mol. The number of amides is 1. The maximum absolute atomic E-state index is 12.0. The van der Waals surface area contributed by atoms with Gasteiger partial charge in [0.2, 0.25) is 15.9 Å². The van der Waals surface area contributed by atoms with Crippen molar-refractivity contribution in [1.29, 1.82) is 0 Å². The molecule has 0 unspecified atom stereocenters. The molecule has 1 amide bonds. The third-order valence-corrected chi connectivity index (χ3v) is 5.48. The monoisotopic (exact) mass is 288 g/mol. The lowest BCUT2D eigenvalue weighted by Gasteiger charge is -2.26. The number of nitrogens with two attached hydrogens (primary N) is 1. The van der Waals surface area contributed by atoms with E-state index < -0.39 is 10.0 Å². The van der Waals surface area contributed by atoms with Crippen LogP contribution in [0.4, 0.5) is 0 Å². The molecule has 1 saturated heterocycles. The normalized spacial score (nSPS) is 16.8. The molecule has 0 radical (unpaired) electrons. The van der Waals surface area contributed by atoms with Crippen LogP contribution in [0.15, 0.2) is 16.3 Å². The molecule has 2 N–H and O–H groups in total. The first-order valence-electron chi connectivity index (χ1n) is 5.86. The zero-order valence-electron chi connectivity index (χ0n) is 9.96. The molecular formula is C11H16N2O3S2. The second-order valence-electron chi connectivity index (χ2n) is 4.38. The molecule has 2 heterocycles. The number of hydrogen-bond acceptors (Lipinski definition) is 4. The van der Waals surface area contributed by atoms with E-state index in [0.29, 0.717) is 0 Å². The van der Waals surface area contributed by atoms with E-state index in [-0.39, 0.29) is 16.5 Å². The van der Waals surface area contributed by atoms with Gasteiger partial charge >= 0.3 is 0 Å². The Morgan fingerprint density at radius 2 is 1.94 bits per heavy atom. The molecule has 0 atom stereocenters. The average Bonchev–Trinajstić information content (AvgIpc) is 2.78. The van der Waals surface area contributed by atoms with Gasteiger partial charge in [0.25, 0.3) is 0 Å². The van der Waals surface area contributed by atoms with Gasteiger partial charge in [-0.3, -0.25) is 4.79 Å². The summed E-state index contributed by atoms with van der Waals surface area (Å²) in [5, 5.41) is 5.03. The number of piperidine rings is 1. The van der Waals surface area contributed by atoms with E-state index in [1.807, 2.05) is 4.90 Å². The molecule has 0 spiro atoms. The second-order valence-corrected chi connectivity index (χ2v) is 7.34. The molecule has 1 aliphatic rings. The van der Waals surface area contributed by atoms with Gasteiger partial charge in [-0.25, -0.2) is 13.6 Å². The number of sulfonamides is 1. The number of primary sulfonamides is 1. The van der Waals surface area contributed by atoms with Crippen LogP contribution < -0.4 is 5.14 Å². The summed E-state index contributed by atoms with van der Waals surface area (Å²) in [5.74, 6) is 0.0671. The lowest BCUT2D eigenvalue weighted by molar-refractivity contribution is -0.131. The fraction of sp³-hybridized carbons (Fsp3) is 0.545. The summed E-state index contributed by atoms with van der Waals surface area (Å²) in [6, 6.07) is 3.12. The summed E-state index contributed by atoms with van der Waals surface area (Å²) in [7, 11) is -3.65. The third-order valence-electron chi connectivity index (χ3n) is 2.95. The van der Waals surface area contributed by atoms with Crippen LogP contribution in [-0.2, 0) is 21.2 Å². The number of nitrogens with zero attached hydrogens (tertiary/aromatic N) is 1. The molecule has 0 aromatic carbocycles. The van der Waals surface area contributed by atoms with E-state index >= 15 is 0 Å². The highest BCUT2D eigenvalue weighted by atomic mass is 32.2. The van der Waals surface area contributed by atoms with Gasteiger partial charge in [0.15, 0.2) is 0 Å². The summed E-state index contributed by atoms with van der Waals surface area (Å²) in [4.78, 5) is 14.6. The molecule has 1 aromatic heterocycles. The van der Waals surface area contributed by atoms with Crippen molar-refractivity contribution in [1.82, 2.24) is 4.90 Å². The maximum atomic E-state index is 12.0. The van der Waals surface area contributed by atoms with Crippen LogP contribution in [0.25, 0.3) is 0 Å².